The summed E-state index contributed by atoms with van der Waals surface area (Å²) in [6.07, 6.45) is 5.06. The van der Waals surface area contributed by atoms with E-state index in [1.807, 2.05) is 0 Å². The largest absolute Gasteiger partial charge is 0.369 e. The van der Waals surface area contributed by atoms with Gasteiger partial charge in [0.2, 0.25) is 5.91 Å². The molecule has 0 bridgehead atoms. The number of thioether (sulfide) groups is 1. The van der Waals surface area contributed by atoms with Crippen molar-refractivity contribution in [1.82, 2.24) is 20.2 Å². The molecule has 0 aromatic carbocycles. The third-order valence-electron chi connectivity index (χ3n) is 3.97. The van der Waals surface area contributed by atoms with Gasteiger partial charge in [0.1, 0.15) is 16.2 Å². The number of hydrogen-bond donors (Lipinski definition) is 1. The summed E-state index contributed by atoms with van der Waals surface area (Å²) in [4.78, 5) is 22.4. The number of aromatic nitrogens is 4. The molecule has 1 amide bonds. The molecule has 0 saturated carbocycles. The van der Waals surface area contributed by atoms with Crippen LogP contribution in [0.5, 0.6) is 0 Å². The summed E-state index contributed by atoms with van der Waals surface area (Å²) in [5.41, 5.74) is 6.58. The summed E-state index contributed by atoms with van der Waals surface area (Å²) >= 11 is 6.09. The van der Waals surface area contributed by atoms with E-state index in [4.69, 9.17) is 5.73 Å². The van der Waals surface area contributed by atoms with Crippen molar-refractivity contribution < 1.29 is 4.79 Å². The topological polar surface area (TPSA) is 94.7 Å². The Balaban J connectivity index is 1.63. The minimum absolute atomic E-state index is 0.216. The zero-order valence-electron chi connectivity index (χ0n) is 13.4. The number of amides is 1. The predicted octanol–water partition coefficient (Wildman–Crippen LogP) is 3.40. The number of nitrogens with two attached hydrogens (primary N) is 1. The molecule has 0 radical (unpaired) electrons. The van der Waals surface area contributed by atoms with Gasteiger partial charge < -0.3 is 5.73 Å². The number of carbonyl (C=O) groups is 1. The van der Waals surface area contributed by atoms with Crippen LogP contribution in [0.4, 0.5) is 0 Å². The molecule has 1 aliphatic rings. The Labute approximate surface area is 161 Å². The van der Waals surface area contributed by atoms with Crippen molar-refractivity contribution in [2.45, 2.75) is 39.9 Å². The molecule has 0 fully saturated rings. The second-order valence-electron chi connectivity index (χ2n) is 5.90. The van der Waals surface area contributed by atoms with Gasteiger partial charge in [-0.15, -0.1) is 21.5 Å². The minimum atomic E-state index is -0.356. The van der Waals surface area contributed by atoms with Crippen LogP contribution in [0.25, 0.3) is 10.2 Å². The second-order valence-corrected chi connectivity index (χ2v) is 10.4. The number of fused-ring (bicyclic) bond motifs is 3. The summed E-state index contributed by atoms with van der Waals surface area (Å²) in [6, 6.07) is 0. The molecule has 25 heavy (non-hydrogen) atoms. The van der Waals surface area contributed by atoms with Crippen LogP contribution in [0.1, 0.15) is 23.8 Å². The van der Waals surface area contributed by atoms with Crippen molar-refractivity contribution in [1.29, 1.82) is 0 Å². The highest BCUT2D eigenvalue weighted by molar-refractivity contribution is 8.03. The van der Waals surface area contributed by atoms with Crippen LogP contribution in [0, 0.1) is 5.92 Å². The minimum Gasteiger partial charge on any atom is -0.369 e. The summed E-state index contributed by atoms with van der Waals surface area (Å²) in [6.45, 7) is 2.31. The molecule has 1 aliphatic carbocycles. The number of hydrogen-bond acceptors (Lipinski definition) is 9. The molecular weight excluding hydrogens is 394 g/mol. The number of nitrogens with zero attached hydrogens (tertiary/aromatic N) is 4. The van der Waals surface area contributed by atoms with Crippen LogP contribution in [0.2, 0.25) is 0 Å². The predicted molar refractivity (Wildman–Crippen MR) is 103 cm³/mol. The summed E-state index contributed by atoms with van der Waals surface area (Å²) in [7, 11) is 0. The first-order valence-corrected chi connectivity index (χ1v) is 11.2. The molecule has 130 valence electrons. The van der Waals surface area contributed by atoms with Crippen LogP contribution < -0.4 is 5.73 Å². The first kappa shape index (κ1) is 17.2. The van der Waals surface area contributed by atoms with E-state index in [-0.39, 0.29) is 11.7 Å². The van der Waals surface area contributed by atoms with Crippen LogP contribution in [0.3, 0.4) is 0 Å². The van der Waals surface area contributed by atoms with Crippen LogP contribution in [-0.2, 0) is 17.6 Å². The van der Waals surface area contributed by atoms with Crippen LogP contribution in [0.15, 0.2) is 20.0 Å². The highest BCUT2D eigenvalue weighted by Gasteiger charge is 2.23. The monoisotopic (exact) mass is 409 g/mol. The second kappa shape index (κ2) is 7.18. The van der Waals surface area contributed by atoms with E-state index in [2.05, 4.69) is 27.1 Å². The Hall–Kier alpha value is -1.23. The van der Waals surface area contributed by atoms with E-state index in [0.717, 1.165) is 37.3 Å². The van der Waals surface area contributed by atoms with Crippen LogP contribution >= 0.6 is 46.2 Å². The molecule has 6 nitrogen and oxygen atoms in total. The SMILES string of the molecule is C[C@@H]1CCc2c(sc3ncnc(Sc4nnc(SCC(N)=O)s4)c23)C1. The first-order chi connectivity index (χ1) is 12.1. The summed E-state index contributed by atoms with van der Waals surface area (Å²) in [5.74, 6) is 0.594. The molecule has 2 N–H and O–H groups in total. The highest BCUT2D eigenvalue weighted by Crippen LogP contribution is 2.42. The van der Waals surface area contributed by atoms with E-state index < -0.39 is 0 Å². The molecule has 3 aromatic heterocycles. The lowest BCUT2D eigenvalue weighted by Crippen LogP contribution is -2.12. The molecule has 0 unspecified atom stereocenters. The quantitative estimate of drug-likeness (QED) is 0.510. The van der Waals surface area contributed by atoms with Gasteiger partial charge in [-0.05, 0) is 42.5 Å². The molecule has 3 aromatic rings. The van der Waals surface area contributed by atoms with Crippen molar-refractivity contribution in [2.75, 3.05) is 5.75 Å². The molecular formula is C15H15N5OS4. The van der Waals surface area contributed by atoms with Gasteiger partial charge in [0.15, 0.2) is 8.68 Å². The molecule has 1 atom stereocenters. The van der Waals surface area contributed by atoms with Gasteiger partial charge >= 0.3 is 0 Å². The van der Waals surface area contributed by atoms with E-state index in [1.54, 1.807) is 17.7 Å². The van der Waals surface area contributed by atoms with Gasteiger partial charge in [0, 0.05) is 10.3 Å². The lowest BCUT2D eigenvalue weighted by Gasteiger charge is -2.17. The number of primary amides is 1. The Morgan fingerprint density at radius 3 is 3.00 bits per heavy atom. The summed E-state index contributed by atoms with van der Waals surface area (Å²) in [5, 5.41) is 10.4. The molecule has 4 rings (SSSR count). The Morgan fingerprint density at radius 2 is 2.16 bits per heavy atom. The fourth-order valence-electron chi connectivity index (χ4n) is 2.84. The van der Waals surface area contributed by atoms with Crippen molar-refractivity contribution in [3.63, 3.8) is 0 Å². The third kappa shape index (κ3) is 3.67. The Kier molecular flexibility index (Phi) is 4.94. The number of thiophene rings is 1. The number of rotatable bonds is 5. The number of carbonyl (C=O) groups excluding carboxylic acids is 1. The van der Waals surface area contributed by atoms with Gasteiger partial charge in [-0.2, -0.15) is 0 Å². The van der Waals surface area contributed by atoms with Gasteiger partial charge in [-0.25, -0.2) is 9.97 Å². The van der Waals surface area contributed by atoms with Crippen molar-refractivity contribution in [3.05, 3.63) is 16.8 Å². The maximum Gasteiger partial charge on any atom is 0.227 e. The fourth-order valence-corrected chi connectivity index (χ4v) is 7.04. The van der Waals surface area contributed by atoms with Crippen molar-refractivity contribution in [3.8, 4) is 0 Å². The molecule has 10 heteroatoms. The maximum atomic E-state index is 10.9. The molecule has 0 spiro atoms. The smallest absolute Gasteiger partial charge is 0.227 e. The first-order valence-electron chi connectivity index (χ1n) is 7.78. The number of aryl methyl sites for hydroxylation is 1. The maximum absolute atomic E-state index is 10.9. The normalized spacial score (nSPS) is 16.9. The van der Waals surface area contributed by atoms with Crippen LogP contribution in [-0.4, -0.2) is 31.8 Å². The average Bonchev–Trinajstić information content (AvgIpc) is 3.16. The molecule has 0 saturated heterocycles. The Bertz CT molecular complexity index is 937. The zero-order valence-corrected chi connectivity index (χ0v) is 16.7. The lowest BCUT2D eigenvalue weighted by atomic mass is 9.89. The van der Waals surface area contributed by atoms with Crippen molar-refractivity contribution >= 4 is 62.3 Å². The fraction of sp³-hybridized carbons (Fsp3) is 0.400. The van der Waals surface area contributed by atoms with Crippen molar-refractivity contribution in [2.24, 2.45) is 11.7 Å². The molecule has 0 aliphatic heterocycles. The van der Waals surface area contributed by atoms with E-state index in [0.29, 0.717) is 0 Å². The van der Waals surface area contributed by atoms with E-state index in [1.165, 1.54) is 57.1 Å². The van der Waals surface area contributed by atoms with Gasteiger partial charge in [-0.3, -0.25) is 4.79 Å². The Morgan fingerprint density at radius 1 is 1.32 bits per heavy atom. The zero-order chi connectivity index (χ0) is 17.4. The van der Waals surface area contributed by atoms with Gasteiger partial charge in [0.25, 0.3) is 0 Å². The summed E-state index contributed by atoms with van der Waals surface area (Å²) < 4.78 is 1.56. The third-order valence-corrected chi connectivity index (χ3v) is 8.26. The van der Waals surface area contributed by atoms with E-state index in [9.17, 15) is 4.79 Å². The standard InChI is InChI=1S/C15H15N5OS4/c1-7-2-3-8-9(4-7)23-12-11(8)13(18-6-17-12)24-15-20-19-14(25-15)22-5-10(16)21/h6-7H,2-5H2,1H3,(H2,16,21)/t7-/m1/s1. The molecule has 3 heterocycles. The highest BCUT2D eigenvalue weighted by atomic mass is 32.2. The van der Waals surface area contributed by atoms with E-state index >= 15 is 0 Å². The van der Waals surface area contributed by atoms with Gasteiger partial charge in [0.05, 0.1) is 5.75 Å². The lowest BCUT2D eigenvalue weighted by molar-refractivity contribution is -0.115. The van der Waals surface area contributed by atoms with Gasteiger partial charge in [-0.1, -0.05) is 30.0 Å². The average molecular weight is 410 g/mol.